The summed E-state index contributed by atoms with van der Waals surface area (Å²) in [5.74, 6) is -0.952. The lowest BCUT2D eigenvalue weighted by atomic mass is 10.0. The Bertz CT molecular complexity index is 1180. The molecule has 1 saturated heterocycles. The molecule has 0 saturated carbocycles. The van der Waals surface area contributed by atoms with Gasteiger partial charge in [0.2, 0.25) is 0 Å². The molecule has 174 valence electrons. The molecule has 1 aliphatic heterocycles. The summed E-state index contributed by atoms with van der Waals surface area (Å²) in [6.45, 7) is 1.71. The van der Waals surface area contributed by atoms with Crippen LogP contribution in [0.3, 0.4) is 0 Å². The van der Waals surface area contributed by atoms with E-state index in [2.05, 4.69) is 5.32 Å². The van der Waals surface area contributed by atoms with Gasteiger partial charge in [0.15, 0.2) is 19.7 Å². The van der Waals surface area contributed by atoms with Crippen LogP contribution in [0.1, 0.15) is 11.1 Å². The second-order valence-corrected chi connectivity index (χ2v) is 12.2. The first-order valence-electron chi connectivity index (χ1n) is 10.0. The van der Waals surface area contributed by atoms with Gasteiger partial charge in [-0.15, -0.1) is 0 Å². The minimum absolute atomic E-state index is 0.0161. The molecule has 1 aliphatic rings. The largest absolute Gasteiger partial charge is 0.496 e. The fourth-order valence-corrected chi connectivity index (χ4v) is 8.70. The highest BCUT2D eigenvalue weighted by Gasteiger charge is 2.47. The van der Waals surface area contributed by atoms with E-state index in [-0.39, 0.29) is 17.1 Å². The Kier molecular flexibility index (Phi) is 7.26. The van der Waals surface area contributed by atoms with Gasteiger partial charge in [0.1, 0.15) is 11.8 Å². The van der Waals surface area contributed by atoms with E-state index in [4.69, 9.17) is 9.47 Å². The zero-order valence-electron chi connectivity index (χ0n) is 18.1. The van der Waals surface area contributed by atoms with Gasteiger partial charge in [0.05, 0.1) is 35.9 Å². The van der Waals surface area contributed by atoms with Crippen molar-refractivity contribution in [2.45, 2.75) is 35.6 Å². The van der Waals surface area contributed by atoms with Crippen molar-refractivity contribution in [3.05, 3.63) is 59.7 Å². The van der Waals surface area contributed by atoms with Crippen LogP contribution in [0.25, 0.3) is 0 Å². The Morgan fingerprint density at radius 2 is 1.81 bits per heavy atom. The van der Waals surface area contributed by atoms with Crippen LogP contribution >= 0.6 is 0 Å². The molecule has 0 aliphatic carbocycles. The molecule has 0 spiro atoms. The lowest BCUT2D eigenvalue weighted by Gasteiger charge is -2.25. The van der Waals surface area contributed by atoms with Gasteiger partial charge in [-0.05, 0) is 42.7 Å². The number of ether oxygens (including phenoxy) is 2. The maximum absolute atomic E-state index is 13.4. The van der Waals surface area contributed by atoms with Crippen molar-refractivity contribution < 1.29 is 31.1 Å². The van der Waals surface area contributed by atoms with Gasteiger partial charge in [0, 0.05) is 6.04 Å². The lowest BCUT2D eigenvalue weighted by molar-refractivity contribution is -0.143. The zero-order valence-corrected chi connectivity index (χ0v) is 19.8. The van der Waals surface area contributed by atoms with Crippen LogP contribution in [0.2, 0.25) is 0 Å². The average molecular weight is 482 g/mol. The number of benzene rings is 2. The number of carbonyl (C=O) groups is 1. The predicted octanol–water partition coefficient (Wildman–Crippen LogP) is 1.32. The molecule has 0 unspecified atom stereocenters. The Balaban J connectivity index is 1.92. The smallest absolute Gasteiger partial charge is 0.323 e. The van der Waals surface area contributed by atoms with E-state index in [1.165, 1.54) is 26.4 Å². The minimum Gasteiger partial charge on any atom is -0.496 e. The molecule has 10 heteroatoms. The molecule has 1 fully saturated rings. The highest BCUT2D eigenvalue weighted by atomic mass is 32.2. The Hall–Kier alpha value is -2.43. The van der Waals surface area contributed by atoms with Crippen molar-refractivity contribution in [2.75, 3.05) is 25.7 Å². The number of esters is 1. The van der Waals surface area contributed by atoms with Gasteiger partial charge >= 0.3 is 5.97 Å². The van der Waals surface area contributed by atoms with Gasteiger partial charge in [-0.1, -0.05) is 30.3 Å². The van der Waals surface area contributed by atoms with E-state index in [1.54, 1.807) is 13.0 Å². The number of nitrogens with one attached hydrogen (secondary N) is 1. The summed E-state index contributed by atoms with van der Waals surface area (Å²) in [6.07, 6.45) is 0.235. The molecule has 8 nitrogen and oxygen atoms in total. The highest BCUT2D eigenvalue weighted by Crippen LogP contribution is 2.29. The molecule has 3 atom stereocenters. The van der Waals surface area contributed by atoms with Crippen molar-refractivity contribution in [1.82, 2.24) is 5.32 Å². The molecular weight excluding hydrogens is 454 g/mol. The molecule has 2 aromatic rings. The van der Waals surface area contributed by atoms with E-state index < -0.39 is 48.7 Å². The number of carbonyl (C=O) groups excluding carboxylic acids is 1. The van der Waals surface area contributed by atoms with Crippen molar-refractivity contribution in [2.24, 2.45) is 0 Å². The zero-order chi connectivity index (χ0) is 23.5. The predicted molar refractivity (Wildman–Crippen MR) is 120 cm³/mol. The summed E-state index contributed by atoms with van der Waals surface area (Å²) >= 11 is 0. The van der Waals surface area contributed by atoms with Gasteiger partial charge in [-0.2, -0.15) is 0 Å². The molecule has 0 radical (unpaired) electrons. The number of methoxy groups -OCH3 is 2. The van der Waals surface area contributed by atoms with Gasteiger partial charge in [0.25, 0.3) is 0 Å². The molecule has 3 rings (SSSR count). The second-order valence-electron chi connectivity index (χ2n) is 7.83. The van der Waals surface area contributed by atoms with E-state index in [1.807, 2.05) is 30.3 Å². The fraction of sp³-hybridized carbons (Fsp3) is 0.409. The third-order valence-corrected chi connectivity index (χ3v) is 9.73. The van der Waals surface area contributed by atoms with Crippen molar-refractivity contribution in [3.8, 4) is 5.75 Å². The third kappa shape index (κ3) is 5.31. The van der Waals surface area contributed by atoms with Crippen LogP contribution in [-0.4, -0.2) is 65.9 Å². The number of aryl methyl sites for hydroxylation is 1. The number of hydrogen-bond acceptors (Lipinski definition) is 8. The van der Waals surface area contributed by atoms with Gasteiger partial charge in [-0.3, -0.25) is 10.1 Å². The molecule has 0 aromatic heterocycles. The highest BCUT2D eigenvalue weighted by molar-refractivity contribution is 7.96. The molecule has 2 aromatic carbocycles. The number of sulfone groups is 2. The van der Waals surface area contributed by atoms with E-state index >= 15 is 0 Å². The standard InChI is InChI=1S/C22H27NO7S2/c1-15-11-17(9-10-20(15)29-2)32(27,28)21-14-31(25,26)13-19(21)23-18(22(24)30-3)12-16-7-5-4-6-8-16/h4-11,18-19,21,23H,12-14H2,1-3H3/t18-,19-,21-/m0/s1. The molecule has 32 heavy (non-hydrogen) atoms. The molecule has 0 amide bonds. The monoisotopic (exact) mass is 481 g/mol. The Morgan fingerprint density at radius 1 is 1.12 bits per heavy atom. The third-order valence-electron chi connectivity index (χ3n) is 5.58. The van der Waals surface area contributed by atoms with Crippen LogP contribution in [0.4, 0.5) is 0 Å². The van der Waals surface area contributed by atoms with E-state index in [0.717, 1.165) is 5.56 Å². The number of rotatable bonds is 8. The van der Waals surface area contributed by atoms with E-state index in [9.17, 15) is 21.6 Å². The quantitative estimate of drug-likeness (QED) is 0.561. The summed E-state index contributed by atoms with van der Waals surface area (Å²) in [4.78, 5) is 12.4. The van der Waals surface area contributed by atoms with E-state index in [0.29, 0.717) is 11.3 Å². The second kappa shape index (κ2) is 9.60. The first-order chi connectivity index (χ1) is 15.1. The van der Waals surface area contributed by atoms with Crippen LogP contribution in [0, 0.1) is 6.92 Å². The maximum Gasteiger partial charge on any atom is 0.323 e. The SMILES string of the molecule is COC(=O)[C@H](Cc1ccccc1)N[C@H]1CS(=O)(=O)C[C@@H]1S(=O)(=O)c1ccc(OC)c(C)c1. The van der Waals surface area contributed by atoms with Crippen LogP contribution in [-0.2, 0) is 35.6 Å². The Labute approximate surface area is 188 Å². The van der Waals surface area contributed by atoms with Crippen LogP contribution in [0.5, 0.6) is 5.75 Å². The van der Waals surface area contributed by atoms with Crippen molar-refractivity contribution in [3.63, 3.8) is 0 Å². The van der Waals surface area contributed by atoms with Crippen molar-refractivity contribution in [1.29, 1.82) is 0 Å². The molecular formula is C22H27NO7S2. The summed E-state index contributed by atoms with van der Waals surface area (Å²) in [5, 5.41) is 1.74. The maximum atomic E-state index is 13.4. The van der Waals surface area contributed by atoms with Crippen LogP contribution in [0.15, 0.2) is 53.4 Å². The minimum atomic E-state index is -4.01. The molecule has 0 bridgehead atoms. The normalized spacial score (nSPS) is 21.1. The summed E-state index contributed by atoms with van der Waals surface area (Å²) < 4.78 is 61.7. The first-order valence-corrected chi connectivity index (χ1v) is 13.4. The first kappa shape index (κ1) is 24.2. The molecule has 1 N–H and O–H groups in total. The Morgan fingerprint density at radius 3 is 2.41 bits per heavy atom. The lowest BCUT2D eigenvalue weighted by Crippen LogP contribution is -2.51. The summed E-state index contributed by atoms with van der Waals surface area (Å²) in [6, 6.07) is 11.7. The summed E-state index contributed by atoms with van der Waals surface area (Å²) in [5.41, 5.74) is 1.46. The van der Waals surface area contributed by atoms with Gasteiger partial charge in [-0.25, -0.2) is 16.8 Å². The number of hydrogen-bond donors (Lipinski definition) is 1. The van der Waals surface area contributed by atoms with Crippen molar-refractivity contribution >= 4 is 25.6 Å². The van der Waals surface area contributed by atoms with Gasteiger partial charge < -0.3 is 9.47 Å². The topological polar surface area (TPSA) is 116 Å². The fourth-order valence-electron chi connectivity index (χ4n) is 3.94. The summed E-state index contributed by atoms with van der Waals surface area (Å²) in [7, 11) is -4.91. The van der Waals surface area contributed by atoms with Crippen LogP contribution < -0.4 is 10.1 Å². The average Bonchev–Trinajstić information content (AvgIpc) is 3.08. The molecule has 1 heterocycles.